The van der Waals surface area contributed by atoms with Crippen LogP contribution in [0, 0.1) is 0 Å². The van der Waals surface area contributed by atoms with Gasteiger partial charge in [-0.2, -0.15) is 9.36 Å². The molecule has 0 fully saturated rings. The lowest BCUT2D eigenvalue weighted by Crippen LogP contribution is -2.03. The van der Waals surface area contributed by atoms with Gasteiger partial charge in [0.05, 0.1) is 6.26 Å². The zero-order valence-electron chi connectivity index (χ0n) is 7.43. The molecule has 0 radical (unpaired) electrons. The van der Waals surface area contributed by atoms with E-state index < -0.39 is 0 Å². The molecule has 0 amide bonds. The Morgan fingerprint density at radius 2 is 2.50 bits per heavy atom. The Hall–Kier alpha value is -1.56. The summed E-state index contributed by atoms with van der Waals surface area (Å²) in [6.45, 7) is 0.766. The molecule has 0 saturated carbocycles. The van der Waals surface area contributed by atoms with Crippen molar-refractivity contribution in [2.75, 3.05) is 17.6 Å². The Labute approximate surface area is 85.1 Å². The molecule has 2 aromatic rings. The van der Waals surface area contributed by atoms with Crippen LogP contribution in [-0.4, -0.2) is 15.9 Å². The lowest BCUT2D eigenvalue weighted by atomic mass is 10.3. The summed E-state index contributed by atoms with van der Waals surface area (Å²) in [5.74, 6) is 1.27. The Kier molecular flexibility index (Phi) is 2.64. The molecule has 2 heterocycles. The van der Waals surface area contributed by atoms with Crippen molar-refractivity contribution in [3.8, 4) is 0 Å². The number of nitrogens with one attached hydrogen (secondary N) is 1. The molecule has 0 aliphatic heterocycles. The maximum absolute atomic E-state index is 5.37. The Balaban J connectivity index is 1.78. The van der Waals surface area contributed by atoms with Crippen LogP contribution in [0.4, 0.5) is 11.1 Å². The zero-order valence-corrected chi connectivity index (χ0v) is 8.25. The second-order valence-electron chi connectivity index (χ2n) is 2.71. The smallest absolute Gasteiger partial charge is 0.233 e. The molecule has 0 aromatic carbocycles. The predicted octanol–water partition coefficient (Wildman–Crippen LogP) is 1.37. The number of aromatic nitrogens is 2. The molecule has 0 atom stereocenters. The van der Waals surface area contributed by atoms with Crippen LogP contribution in [0.1, 0.15) is 5.76 Å². The molecule has 0 spiro atoms. The highest BCUT2D eigenvalue weighted by atomic mass is 32.1. The number of nitrogen functional groups attached to an aromatic ring is 1. The van der Waals surface area contributed by atoms with Gasteiger partial charge in [-0.25, -0.2) is 0 Å². The molecular formula is C8H10N4OS. The van der Waals surface area contributed by atoms with Crippen molar-refractivity contribution in [3.63, 3.8) is 0 Å². The van der Waals surface area contributed by atoms with Crippen LogP contribution in [0.3, 0.4) is 0 Å². The largest absolute Gasteiger partial charge is 0.469 e. The van der Waals surface area contributed by atoms with Gasteiger partial charge < -0.3 is 15.5 Å². The number of nitrogens with zero attached hydrogens (tertiary/aromatic N) is 2. The lowest BCUT2D eigenvalue weighted by Gasteiger charge is -1.98. The number of hydrogen-bond acceptors (Lipinski definition) is 6. The van der Waals surface area contributed by atoms with Gasteiger partial charge in [-0.3, -0.25) is 0 Å². The van der Waals surface area contributed by atoms with Gasteiger partial charge in [-0.15, -0.1) is 0 Å². The SMILES string of the molecule is Nc1nsc(NCCc2ccco2)n1. The van der Waals surface area contributed by atoms with Gasteiger partial charge in [0.15, 0.2) is 0 Å². The molecule has 0 aliphatic carbocycles. The number of nitrogens with two attached hydrogens (primary N) is 1. The van der Waals surface area contributed by atoms with Crippen molar-refractivity contribution < 1.29 is 4.42 Å². The molecule has 74 valence electrons. The molecule has 14 heavy (non-hydrogen) atoms. The fraction of sp³-hybridized carbons (Fsp3) is 0.250. The quantitative estimate of drug-likeness (QED) is 0.797. The molecular weight excluding hydrogens is 200 g/mol. The summed E-state index contributed by atoms with van der Waals surface area (Å²) in [5.41, 5.74) is 5.37. The first-order chi connectivity index (χ1) is 6.84. The van der Waals surface area contributed by atoms with Gasteiger partial charge in [-0.05, 0) is 12.1 Å². The highest BCUT2D eigenvalue weighted by Gasteiger charge is 2.00. The minimum atomic E-state index is 0.315. The van der Waals surface area contributed by atoms with Crippen molar-refractivity contribution in [1.82, 2.24) is 9.36 Å². The Bertz CT molecular complexity index is 384. The van der Waals surface area contributed by atoms with Crippen LogP contribution in [0.25, 0.3) is 0 Å². The van der Waals surface area contributed by atoms with E-state index in [4.69, 9.17) is 10.2 Å². The standard InChI is InChI=1S/C8H10N4OS/c9-7-11-8(14-12-7)10-4-3-6-2-1-5-13-6/h1-2,5H,3-4H2,(H3,9,10,11,12). The maximum Gasteiger partial charge on any atom is 0.233 e. The average Bonchev–Trinajstić information content (AvgIpc) is 2.77. The normalized spacial score (nSPS) is 10.3. The van der Waals surface area contributed by atoms with E-state index in [0.717, 1.165) is 23.9 Å². The molecule has 0 bridgehead atoms. The van der Waals surface area contributed by atoms with Gasteiger partial charge in [-0.1, -0.05) is 0 Å². The summed E-state index contributed by atoms with van der Waals surface area (Å²) in [4.78, 5) is 3.97. The van der Waals surface area contributed by atoms with Crippen molar-refractivity contribution in [3.05, 3.63) is 24.2 Å². The molecule has 6 heteroatoms. The minimum Gasteiger partial charge on any atom is -0.469 e. The van der Waals surface area contributed by atoms with Crippen molar-refractivity contribution in [2.24, 2.45) is 0 Å². The van der Waals surface area contributed by atoms with Crippen molar-refractivity contribution in [1.29, 1.82) is 0 Å². The molecule has 0 aliphatic rings. The van der Waals surface area contributed by atoms with Gasteiger partial charge in [0.2, 0.25) is 11.1 Å². The minimum absolute atomic E-state index is 0.315. The summed E-state index contributed by atoms with van der Waals surface area (Å²) in [7, 11) is 0. The van der Waals surface area contributed by atoms with E-state index in [0.29, 0.717) is 5.95 Å². The number of rotatable bonds is 4. The molecule has 2 rings (SSSR count). The number of furan rings is 1. The van der Waals surface area contributed by atoms with E-state index in [1.54, 1.807) is 6.26 Å². The monoisotopic (exact) mass is 210 g/mol. The van der Waals surface area contributed by atoms with Crippen LogP contribution >= 0.6 is 11.5 Å². The molecule has 3 N–H and O–H groups in total. The van der Waals surface area contributed by atoms with E-state index in [1.807, 2.05) is 12.1 Å². The number of anilines is 2. The topological polar surface area (TPSA) is 77.0 Å². The van der Waals surface area contributed by atoms with Crippen LogP contribution in [0.15, 0.2) is 22.8 Å². The van der Waals surface area contributed by atoms with Crippen LogP contribution in [-0.2, 0) is 6.42 Å². The van der Waals surface area contributed by atoms with Crippen molar-refractivity contribution >= 4 is 22.6 Å². The third-order valence-corrected chi connectivity index (χ3v) is 2.36. The fourth-order valence-corrected chi connectivity index (χ4v) is 1.58. The lowest BCUT2D eigenvalue weighted by molar-refractivity contribution is 0.513. The Morgan fingerprint density at radius 3 is 3.14 bits per heavy atom. The fourth-order valence-electron chi connectivity index (χ4n) is 1.05. The first-order valence-electron chi connectivity index (χ1n) is 4.20. The second-order valence-corrected chi connectivity index (χ2v) is 3.47. The van der Waals surface area contributed by atoms with Gasteiger partial charge in [0.1, 0.15) is 5.76 Å². The van der Waals surface area contributed by atoms with Gasteiger partial charge in [0.25, 0.3) is 0 Å². The van der Waals surface area contributed by atoms with E-state index in [1.165, 1.54) is 11.5 Å². The highest BCUT2D eigenvalue weighted by Crippen LogP contribution is 2.11. The second kappa shape index (κ2) is 4.10. The van der Waals surface area contributed by atoms with E-state index in [-0.39, 0.29) is 0 Å². The van der Waals surface area contributed by atoms with Gasteiger partial charge in [0, 0.05) is 24.5 Å². The molecule has 5 nitrogen and oxygen atoms in total. The van der Waals surface area contributed by atoms with E-state index in [9.17, 15) is 0 Å². The maximum atomic E-state index is 5.37. The average molecular weight is 210 g/mol. The summed E-state index contributed by atoms with van der Waals surface area (Å²) < 4.78 is 9.03. The Morgan fingerprint density at radius 1 is 1.57 bits per heavy atom. The number of hydrogen-bond donors (Lipinski definition) is 2. The summed E-state index contributed by atoms with van der Waals surface area (Å²) >= 11 is 1.26. The van der Waals surface area contributed by atoms with Gasteiger partial charge >= 0.3 is 0 Å². The summed E-state index contributed by atoms with van der Waals surface area (Å²) in [5, 5.41) is 3.85. The highest BCUT2D eigenvalue weighted by molar-refractivity contribution is 7.09. The van der Waals surface area contributed by atoms with E-state index >= 15 is 0 Å². The first-order valence-corrected chi connectivity index (χ1v) is 4.97. The molecule has 0 saturated heterocycles. The molecule has 0 unspecified atom stereocenters. The van der Waals surface area contributed by atoms with Crippen molar-refractivity contribution in [2.45, 2.75) is 6.42 Å². The third-order valence-electron chi connectivity index (χ3n) is 1.67. The van der Waals surface area contributed by atoms with Crippen LogP contribution < -0.4 is 11.1 Å². The summed E-state index contributed by atoms with van der Waals surface area (Å²) in [6, 6.07) is 3.81. The zero-order chi connectivity index (χ0) is 9.80. The first kappa shape index (κ1) is 9.01. The summed E-state index contributed by atoms with van der Waals surface area (Å²) in [6.07, 6.45) is 2.49. The van der Waals surface area contributed by atoms with E-state index in [2.05, 4.69) is 14.7 Å². The van der Waals surface area contributed by atoms with Crippen LogP contribution in [0.5, 0.6) is 0 Å². The predicted molar refractivity (Wildman–Crippen MR) is 55.2 cm³/mol. The van der Waals surface area contributed by atoms with Crippen LogP contribution in [0.2, 0.25) is 0 Å². The third kappa shape index (κ3) is 2.23. The molecule has 2 aromatic heterocycles.